The van der Waals surface area contributed by atoms with E-state index >= 15 is 0 Å². The Labute approximate surface area is 123 Å². The van der Waals surface area contributed by atoms with E-state index < -0.39 is 0 Å². The summed E-state index contributed by atoms with van der Waals surface area (Å²) in [6, 6.07) is 6.96. The number of rotatable bonds is 6. The third kappa shape index (κ3) is 7.09. The fourth-order valence-corrected chi connectivity index (χ4v) is 1.72. The smallest absolute Gasteiger partial charge is 0.691 e. The molecule has 0 spiro atoms. The summed E-state index contributed by atoms with van der Waals surface area (Å²) in [5.41, 5.74) is 0. The second-order valence-corrected chi connectivity index (χ2v) is 3.88. The minimum absolute atomic E-state index is 0. The first-order valence-corrected chi connectivity index (χ1v) is 5.21. The van der Waals surface area contributed by atoms with E-state index in [0.717, 1.165) is 29.0 Å². The van der Waals surface area contributed by atoms with Gasteiger partial charge in [-0.3, -0.25) is 10.2 Å². The van der Waals surface area contributed by atoms with E-state index in [1.807, 2.05) is 0 Å². The van der Waals surface area contributed by atoms with Crippen molar-refractivity contribution in [1.82, 2.24) is 5.23 Å². The molecular formula is C7H8NNaO5S2. The molecule has 0 aliphatic heterocycles. The standard InChI is InChI=1S/C7H9NO5S2.Na/c1-8(9)11-14-6-3-2-4-7(5-6)15-13-12-10;/h2-5,9-10H,1H3;/q;+1/p-1. The third-order valence-electron chi connectivity index (χ3n) is 1.20. The van der Waals surface area contributed by atoms with Crippen LogP contribution < -0.4 is 34.8 Å². The monoisotopic (exact) mass is 273 g/mol. The molecule has 0 amide bonds. The zero-order valence-corrected chi connectivity index (χ0v) is 12.3. The van der Waals surface area contributed by atoms with Gasteiger partial charge < -0.3 is 5.26 Å². The molecule has 6 nitrogen and oxygen atoms in total. The summed E-state index contributed by atoms with van der Waals surface area (Å²) in [7, 11) is 1.35. The van der Waals surface area contributed by atoms with Crippen LogP contribution in [-0.4, -0.2) is 17.5 Å². The van der Waals surface area contributed by atoms with Crippen molar-refractivity contribution in [2.45, 2.75) is 9.79 Å². The normalized spacial score (nSPS) is 10.2. The van der Waals surface area contributed by atoms with Gasteiger partial charge in [0, 0.05) is 16.8 Å². The maximum atomic E-state index is 9.59. The van der Waals surface area contributed by atoms with Crippen LogP contribution in [0.4, 0.5) is 0 Å². The summed E-state index contributed by atoms with van der Waals surface area (Å²) in [6.45, 7) is 0. The first kappa shape index (κ1) is 16.7. The Morgan fingerprint density at radius 3 is 2.50 bits per heavy atom. The van der Waals surface area contributed by atoms with E-state index in [2.05, 4.69) is 9.37 Å². The maximum absolute atomic E-state index is 9.59. The molecule has 0 saturated carbocycles. The number of hydroxylamine groups is 2. The van der Waals surface area contributed by atoms with Gasteiger partial charge in [-0.1, -0.05) is 11.3 Å². The second kappa shape index (κ2) is 9.68. The molecule has 0 atom stereocenters. The number of hydrogen-bond acceptors (Lipinski definition) is 8. The summed E-state index contributed by atoms with van der Waals surface area (Å²) in [6.07, 6.45) is 0. The Bertz CT molecular complexity index is 304. The number of benzene rings is 1. The van der Waals surface area contributed by atoms with Crippen LogP contribution in [0.2, 0.25) is 0 Å². The van der Waals surface area contributed by atoms with Crippen molar-refractivity contribution >= 4 is 24.1 Å². The van der Waals surface area contributed by atoms with E-state index in [1.165, 1.54) is 7.05 Å². The van der Waals surface area contributed by atoms with Crippen molar-refractivity contribution in [2.75, 3.05) is 7.05 Å². The first-order chi connectivity index (χ1) is 7.22. The minimum atomic E-state index is 0. The number of hydrogen-bond donors (Lipinski definition) is 1. The molecule has 0 heterocycles. The molecule has 0 bridgehead atoms. The third-order valence-corrected chi connectivity index (χ3v) is 2.51. The SMILES string of the molecule is CN(O)OSc1cccc(SOO[O-])c1.[Na+]. The molecule has 0 unspecified atom stereocenters. The van der Waals surface area contributed by atoms with E-state index in [9.17, 15) is 5.26 Å². The van der Waals surface area contributed by atoms with Crippen molar-refractivity contribution < 1.29 is 53.7 Å². The molecule has 9 heteroatoms. The Kier molecular flexibility index (Phi) is 10.1. The van der Waals surface area contributed by atoms with Gasteiger partial charge in [-0.15, -0.1) is 0 Å². The van der Waals surface area contributed by atoms with Gasteiger partial charge in [0.25, 0.3) is 0 Å². The van der Waals surface area contributed by atoms with Crippen molar-refractivity contribution in [3.8, 4) is 0 Å². The van der Waals surface area contributed by atoms with Gasteiger partial charge in [0.05, 0.1) is 24.1 Å². The van der Waals surface area contributed by atoms with Crippen LogP contribution in [0.1, 0.15) is 0 Å². The maximum Gasteiger partial charge on any atom is 1.00 e. The zero-order chi connectivity index (χ0) is 11.1. The van der Waals surface area contributed by atoms with Crippen LogP contribution in [-0.2, 0) is 13.7 Å². The van der Waals surface area contributed by atoms with E-state index in [1.54, 1.807) is 24.3 Å². The summed E-state index contributed by atoms with van der Waals surface area (Å²) in [4.78, 5) is 1.43. The predicted molar refractivity (Wildman–Crippen MR) is 51.0 cm³/mol. The van der Waals surface area contributed by atoms with Gasteiger partial charge in [0.15, 0.2) is 0 Å². The summed E-state index contributed by atoms with van der Waals surface area (Å²) in [5.74, 6) is 0. The molecule has 0 fully saturated rings. The molecule has 0 aliphatic rings. The van der Waals surface area contributed by atoms with Gasteiger partial charge in [0.1, 0.15) is 0 Å². The minimum Gasteiger partial charge on any atom is -0.691 e. The van der Waals surface area contributed by atoms with Crippen molar-refractivity contribution in [1.29, 1.82) is 0 Å². The zero-order valence-electron chi connectivity index (χ0n) is 8.65. The van der Waals surface area contributed by atoms with Crippen molar-refractivity contribution in [3.05, 3.63) is 24.3 Å². The van der Waals surface area contributed by atoms with Gasteiger partial charge >= 0.3 is 29.6 Å². The summed E-state index contributed by atoms with van der Waals surface area (Å²) in [5, 5.41) is 22.1. The van der Waals surface area contributed by atoms with Crippen LogP contribution in [0.15, 0.2) is 34.1 Å². The Morgan fingerprint density at radius 2 is 1.94 bits per heavy atom. The van der Waals surface area contributed by atoms with E-state index in [-0.39, 0.29) is 29.6 Å². The molecule has 1 N–H and O–H groups in total. The quantitative estimate of drug-likeness (QED) is 0.281. The summed E-state index contributed by atoms with van der Waals surface area (Å²) < 4.78 is 8.90. The van der Waals surface area contributed by atoms with Crippen LogP contribution in [0.25, 0.3) is 0 Å². The topological polar surface area (TPSA) is 74.2 Å². The van der Waals surface area contributed by atoms with Gasteiger partial charge in [-0.25, -0.2) is 0 Å². The fourth-order valence-electron chi connectivity index (χ4n) is 0.728. The summed E-state index contributed by atoms with van der Waals surface area (Å²) >= 11 is 1.75. The molecule has 84 valence electrons. The average molecular weight is 273 g/mol. The Balaban J connectivity index is 0.00000225. The molecule has 0 saturated heterocycles. The molecular weight excluding hydrogens is 265 g/mol. The first-order valence-electron chi connectivity index (χ1n) is 3.73. The van der Waals surface area contributed by atoms with Crippen LogP contribution in [0.5, 0.6) is 0 Å². The average Bonchev–Trinajstić information content (AvgIpc) is 2.24. The Hall–Kier alpha value is 0.680. The van der Waals surface area contributed by atoms with Crippen molar-refractivity contribution in [3.63, 3.8) is 0 Å². The molecule has 1 rings (SSSR count). The molecule has 0 aliphatic carbocycles. The van der Waals surface area contributed by atoms with Gasteiger partial charge in [-0.2, -0.15) is 8.62 Å². The Morgan fingerprint density at radius 1 is 1.31 bits per heavy atom. The van der Waals surface area contributed by atoms with Crippen molar-refractivity contribution in [2.24, 2.45) is 0 Å². The van der Waals surface area contributed by atoms with Crippen LogP contribution in [0.3, 0.4) is 0 Å². The van der Waals surface area contributed by atoms with Gasteiger partial charge in [0.2, 0.25) is 0 Å². The fraction of sp³-hybridized carbons (Fsp3) is 0.143. The van der Waals surface area contributed by atoms with E-state index in [0.29, 0.717) is 10.1 Å². The molecule has 1 aromatic rings. The molecule has 1 aromatic carbocycles. The molecule has 0 aromatic heterocycles. The van der Waals surface area contributed by atoms with Crippen LogP contribution >= 0.6 is 24.1 Å². The predicted octanol–water partition coefficient (Wildman–Crippen LogP) is -1.82. The molecule has 16 heavy (non-hydrogen) atoms. The number of nitrogens with zero attached hydrogens (tertiary/aromatic N) is 1. The second-order valence-electron chi connectivity index (χ2n) is 2.32. The van der Waals surface area contributed by atoms with Crippen LogP contribution in [0, 0.1) is 0 Å². The van der Waals surface area contributed by atoms with E-state index in [4.69, 9.17) is 9.49 Å². The molecule has 0 radical (unpaired) electrons. The van der Waals surface area contributed by atoms with Gasteiger partial charge in [-0.05, 0) is 18.2 Å². The largest absolute Gasteiger partial charge is 1.00 e.